The fourth-order valence-electron chi connectivity index (χ4n) is 2.91. The van der Waals surface area contributed by atoms with E-state index in [1.807, 2.05) is 6.26 Å². The van der Waals surface area contributed by atoms with Gasteiger partial charge in [-0.2, -0.15) is 0 Å². The molecule has 0 bridgehead atoms. The average molecular weight is 262 g/mol. The lowest BCUT2D eigenvalue weighted by Gasteiger charge is -2.19. The molecule has 19 heavy (non-hydrogen) atoms. The molecule has 3 rings (SSSR count). The van der Waals surface area contributed by atoms with Crippen LogP contribution in [0, 0.1) is 5.92 Å². The molecule has 2 fully saturated rings. The molecular formula is C16H26N2O. The zero-order valence-electron chi connectivity index (χ0n) is 12.0. The molecular weight excluding hydrogens is 236 g/mol. The minimum absolute atomic E-state index is 0.747. The first-order chi connectivity index (χ1) is 9.31. The van der Waals surface area contributed by atoms with Crippen molar-refractivity contribution in [1.82, 2.24) is 10.2 Å². The maximum absolute atomic E-state index is 5.65. The Morgan fingerprint density at radius 3 is 3.00 bits per heavy atom. The second-order valence-electron chi connectivity index (χ2n) is 6.34. The minimum atomic E-state index is 0.747. The third-order valence-corrected chi connectivity index (χ3v) is 4.47. The van der Waals surface area contributed by atoms with Crippen LogP contribution in [0.4, 0.5) is 0 Å². The predicted molar refractivity (Wildman–Crippen MR) is 76.9 cm³/mol. The van der Waals surface area contributed by atoms with Gasteiger partial charge in [0.15, 0.2) is 0 Å². The van der Waals surface area contributed by atoms with E-state index in [9.17, 15) is 0 Å². The van der Waals surface area contributed by atoms with Crippen LogP contribution in [0.2, 0.25) is 0 Å². The van der Waals surface area contributed by atoms with Crippen molar-refractivity contribution in [3.8, 4) is 0 Å². The highest BCUT2D eigenvalue weighted by atomic mass is 16.3. The molecule has 0 aromatic carbocycles. The molecule has 1 atom stereocenters. The quantitative estimate of drug-likeness (QED) is 0.883. The maximum Gasteiger partial charge on any atom is 0.122 e. The first kappa shape index (κ1) is 13.2. The topological polar surface area (TPSA) is 28.4 Å². The Kier molecular flexibility index (Phi) is 4.24. The number of furan rings is 1. The smallest absolute Gasteiger partial charge is 0.122 e. The van der Waals surface area contributed by atoms with Gasteiger partial charge in [0, 0.05) is 18.2 Å². The van der Waals surface area contributed by atoms with Crippen LogP contribution in [0.15, 0.2) is 16.7 Å². The van der Waals surface area contributed by atoms with Crippen molar-refractivity contribution in [2.75, 3.05) is 13.1 Å². The van der Waals surface area contributed by atoms with E-state index >= 15 is 0 Å². The van der Waals surface area contributed by atoms with E-state index in [4.69, 9.17) is 4.42 Å². The van der Waals surface area contributed by atoms with Crippen LogP contribution in [0.25, 0.3) is 0 Å². The molecule has 1 saturated carbocycles. The van der Waals surface area contributed by atoms with E-state index in [0.717, 1.165) is 30.8 Å². The molecule has 1 aliphatic carbocycles. The first-order valence-electron chi connectivity index (χ1n) is 7.82. The Morgan fingerprint density at radius 2 is 2.16 bits per heavy atom. The van der Waals surface area contributed by atoms with Gasteiger partial charge < -0.3 is 9.73 Å². The maximum atomic E-state index is 5.65. The van der Waals surface area contributed by atoms with E-state index in [2.05, 4.69) is 23.2 Å². The molecule has 1 aromatic rings. The summed E-state index contributed by atoms with van der Waals surface area (Å²) < 4.78 is 5.65. The fraction of sp³-hybridized carbons (Fsp3) is 0.750. The third kappa shape index (κ3) is 3.83. The summed E-state index contributed by atoms with van der Waals surface area (Å²) in [7, 11) is 0. The second kappa shape index (κ2) is 6.10. The normalized spacial score (nSPS) is 25.4. The van der Waals surface area contributed by atoms with Gasteiger partial charge in [-0.3, -0.25) is 4.90 Å². The summed E-state index contributed by atoms with van der Waals surface area (Å²) in [5, 5.41) is 3.54. The molecule has 1 aliphatic heterocycles. The van der Waals surface area contributed by atoms with Crippen LogP contribution in [0.5, 0.6) is 0 Å². The molecule has 1 unspecified atom stereocenters. The summed E-state index contributed by atoms with van der Waals surface area (Å²) in [6.45, 7) is 6.82. The fourth-order valence-corrected chi connectivity index (χ4v) is 2.91. The molecule has 3 nitrogen and oxygen atoms in total. The Morgan fingerprint density at radius 1 is 1.26 bits per heavy atom. The van der Waals surface area contributed by atoms with Gasteiger partial charge in [-0.1, -0.05) is 6.92 Å². The van der Waals surface area contributed by atoms with Gasteiger partial charge in [0.2, 0.25) is 0 Å². The lowest BCUT2D eigenvalue weighted by Crippen LogP contribution is -2.25. The highest BCUT2D eigenvalue weighted by molar-refractivity contribution is 5.17. The highest BCUT2D eigenvalue weighted by Gasteiger charge is 2.22. The molecule has 3 heteroatoms. The Hall–Kier alpha value is -0.800. The first-order valence-corrected chi connectivity index (χ1v) is 7.82. The van der Waals surface area contributed by atoms with E-state index in [1.165, 1.54) is 50.8 Å². The van der Waals surface area contributed by atoms with Crippen molar-refractivity contribution in [3.63, 3.8) is 0 Å². The van der Waals surface area contributed by atoms with E-state index in [1.54, 1.807) is 0 Å². The third-order valence-electron chi connectivity index (χ3n) is 4.47. The van der Waals surface area contributed by atoms with Crippen LogP contribution in [-0.4, -0.2) is 24.0 Å². The number of nitrogens with zero attached hydrogens (tertiary/aromatic N) is 1. The largest absolute Gasteiger partial charge is 0.468 e. The van der Waals surface area contributed by atoms with Gasteiger partial charge in [-0.15, -0.1) is 0 Å². The molecule has 2 heterocycles. The van der Waals surface area contributed by atoms with Crippen molar-refractivity contribution < 1.29 is 4.42 Å². The van der Waals surface area contributed by atoms with Gasteiger partial charge >= 0.3 is 0 Å². The van der Waals surface area contributed by atoms with Crippen molar-refractivity contribution in [1.29, 1.82) is 0 Å². The van der Waals surface area contributed by atoms with Crippen molar-refractivity contribution in [2.24, 2.45) is 5.92 Å². The molecule has 2 aliphatic rings. The Bertz CT molecular complexity index is 397. The van der Waals surface area contributed by atoms with Gasteiger partial charge in [0.1, 0.15) is 5.76 Å². The van der Waals surface area contributed by atoms with Crippen molar-refractivity contribution in [3.05, 3.63) is 23.7 Å². The zero-order chi connectivity index (χ0) is 13.1. The van der Waals surface area contributed by atoms with Crippen molar-refractivity contribution in [2.45, 2.75) is 58.2 Å². The van der Waals surface area contributed by atoms with Gasteiger partial charge in [-0.25, -0.2) is 0 Å². The molecule has 1 saturated heterocycles. The van der Waals surface area contributed by atoms with Crippen LogP contribution < -0.4 is 5.32 Å². The van der Waals surface area contributed by atoms with Crippen LogP contribution in [-0.2, 0) is 13.1 Å². The standard InChI is InChI=1S/C16H26N2O/c1-13-3-2-8-18(9-6-13)12-14-7-10-19-16(14)11-17-15-4-5-15/h7,10,13,15,17H,2-6,8-9,11-12H2,1H3. The number of hydrogen-bond donors (Lipinski definition) is 1. The Balaban J connectivity index is 1.54. The second-order valence-corrected chi connectivity index (χ2v) is 6.34. The zero-order valence-corrected chi connectivity index (χ0v) is 12.0. The summed E-state index contributed by atoms with van der Waals surface area (Å²) in [4.78, 5) is 2.59. The Labute approximate surface area is 116 Å². The minimum Gasteiger partial charge on any atom is -0.468 e. The lowest BCUT2D eigenvalue weighted by atomic mass is 10.0. The predicted octanol–water partition coefficient (Wildman–Crippen LogP) is 3.15. The molecule has 106 valence electrons. The average Bonchev–Trinajstić information content (AvgIpc) is 3.16. The van der Waals surface area contributed by atoms with Crippen LogP contribution in [0.3, 0.4) is 0 Å². The summed E-state index contributed by atoms with van der Waals surface area (Å²) >= 11 is 0. The highest BCUT2D eigenvalue weighted by Crippen LogP contribution is 2.22. The van der Waals surface area contributed by atoms with Gasteiger partial charge in [-0.05, 0) is 57.2 Å². The number of likely N-dealkylation sites (tertiary alicyclic amines) is 1. The number of rotatable bonds is 5. The molecule has 0 amide bonds. The number of hydrogen-bond acceptors (Lipinski definition) is 3. The summed E-state index contributed by atoms with van der Waals surface area (Å²) in [6, 6.07) is 2.90. The van der Waals surface area contributed by atoms with E-state index < -0.39 is 0 Å². The number of nitrogens with one attached hydrogen (secondary N) is 1. The molecule has 0 radical (unpaired) electrons. The molecule has 1 aromatic heterocycles. The summed E-state index contributed by atoms with van der Waals surface area (Å²) in [5.41, 5.74) is 1.38. The van der Waals surface area contributed by atoms with E-state index in [0.29, 0.717) is 0 Å². The molecule has 1 N–H and O–H groups in total. The SMILES string of the molecule is CC1CCCN(Cc2ccoc2CNC2CC2)CC1. The summed E-state index contributed by atoms with van der Waals surface area (Å²) in [5.74, 6) is 2.04. The van der Waals surface area contributed by atoms with Crippen molar-refractivity contribution >= 4 is 0 Å². The van der Waals surface area contributed by atoms with Gasteiger partial charge in [0.05, 0.1) is 12.8 Å². The van der Waals surface area contributed by atoms with Crippen LogP contribution in [0.1, 0.15) is 50.4 Å². The lowest BCUT2D eigenvalue weighted by molar-refractivity contribution is 0.271. The summed E-state index contributed by atoms with van der Waals surface area (Å²) in [6.07, 6.45) is 8.58. The van der Waals surface area contributed by atoms with E-state index in [-0.39, 0.29) is 0 Å². The van der Waals surface area contributed by atoms with Gasteiger partial charge in [0.25, 0.3) is 0 Å². The van der Waals surface area contributed by atoms with Crippen LogP contribution >= 0.6 is 0 Å². The molecule has 0 spiro atoms. The monoisotopic (exact) mass is 262 g/mol.